The van der Waals surface area contributed by atoms with Gasteiger partial charge >= 0.3 is 8.03 Å². The summed E-state index contributed by atoms with van der Waals surface area (Å²) < 4.78 is 15.7. The van der Waals surface area contributed by atoms with Gasteiger partial charge in [0.2, 0.25) is 5.30 Å². The Morgan fingerprint density at radius 1 is 1.27 bits per heavy atom. The van der Waals surface area contributed by atoms with Crippen molar-refractivity contribution in [3.05, 3.63) is 29.8 Å². The van der Waals surface area contributed by atoms with Gasteiger partial charge in [-0.05, 0) is 23.6 Å². The third-order valence-corrected chi connectivity index (χ3v) is 2.46. The molecule has 58 valence electrons. The Labute approximate surface area is 67.1 Å². The number of rotatable bonds is 2. The molecule has 0 bridgehead atoms. The summed E-state index contributed by atoms with van der Waals surface area (Å²) in [5.74, 6) is 0. The smallest absolute Gasteiger partial charge is 0.145 e. The van der Waals surface area contributed by atoms with Gasteiger partial charge in [0.05, 0.1) is 7.11 Å². The molecular formula is C8H10O2P+. The maximum atomic E-state index is 11.1. The molecule has 0 N–H and O–H groups in total. The molecular weight excluding hydrogens is 159 g/mol. The van der Waals surface area contributed by atoms with Crippen molar-refractivity contribution in [2.24, 2.45) is 0 Å². The highest BCUT2D eigenvalue weighted by Gasteiger charge is 2.18. The monoisotopic (exact) mass is 169 g/mol. The average Bonchev–Trinajstić information content (AvgIpc) is 2.05. The van der Waals surface area contributed by atoms with Gasteiger partial charge in [-0.3, -0.25) is 0 Å². The Morgan fingerprint density at radius 2 is 1.82 bits per heavy atom. The molecule has 0 aromatic heterocycles. The van der Waals surface area contributed by atoms with Crippen molar-refractivity contribution < 1.29 is 9.09 Å². The lowest BCUT2D eigenvalue weighted by molar-refractivity contribution is 0.423. The molecule has 0 saturated heterocycles. The molecule has 1 aromatic rings. The molecule has 1 rings (SSSR count). The fourth-order valence-electron chi connectivity index (χ4n) is 0.772. The standard InChI is InChI=1S/C8H10O2P/c1-7-3-5-8(6-4-7)11(9)10-2/h3-6H,1-2H3/q+1. The normalized spacial score (nSPS) is 11.3. The molecule has 1 atom stereocenters. The molecule has 0 aliphatic rings. The Balaban J connectivity index is 2.90. The maximum absolute atomic E-state index is 11.1. The van der Waals surface area contributed by atoms with Crippen molar-refractivity contribution >= 4 is 13.3 Å². The van der Waals surface area contributed by atoms with Crippen LogP contribution in [0.4, 0.5) is 0 Å². The van der Waals surface area contributed by atoms with Crippen LogP contribution < -0.4 is 5.30 Å². The second-order valence-electron chi connectivity index (χ2n) is 2.28. The highest BCUT2D eigenvalue weighted by molar-refractivity contribution is 7.48. The quantitative estimate of drug-likeness (QED) is 0.633. The first kappa shape index (κ1) is 8.38. The van der Waals surface area contributed by atoms with Gasteiger partial charge in [-0.2, -0.15) is 0 Å². The Bertz CT molecular complexity index is 253. The van der Waals surface area contributed by atoms with Crippen LogP contribution >= 0.6 is 8.03 Å². The SMILES string of the molecule is CO[P+](=O)c1ccc(C)cc1. The van der Waals surface area contributed by atoms with E-state index in [0.29, 0.717) is 0 Å². The molecule has 0 heterocycles. The van der Waals surface area contributed by atoms with E-state index >= 15 is 0 Å². The summed E-state index contributed by atoms with van der Waals surface area (Å²) in [5, 5.41) is 0.744. The lowest BCUT2D eigenvalue weighted by Gasteiger charge is -1.87. The second kappa shape index (κ2) is 3.61. The summed E-state index contributed by atoms with van der Waals surface area (Å²) in [4.78, 5) is 0. The maximum Gasteiger partial charge on any atom is 0.548 e. The molecule has 0 fully saturated rings. The fraction of sp³-hybridized carbons (Fsp3) is 0.250. The summed E-state index contributed by atoms with van der Waals surface area (Å²) >= 11 is 0. The minimum absolute atomic E-state index is 0.744. The highest BCUT2D eigenvalue weighted by atomic mass is 31.1. The molecule has 2 nitrogen and oxygen atoms in total. The Hall–Kier alpha value is -0.720. The van der Waals surface area contributed by atoms with Crippen LogP contribution in [0.2, 0.25) is 0 Å². The second-order valence-corrected chi connectivity index (χ2v) is 3.67. The number of hydrogen-bond acceptors (Lipinski definition) is 2. The van der Waals surface area contributed by atoms with Gasteiger partial charge in [0, 0.05) is 0 Å². The third-order valence-electron chi connectivity index (χ3n) is 1.41. The summed E-state index contributed by atoms with van der Waals surface area (Å²) in [6, 6.07) is 7.47. The van der Waals surface area contributed by atoms with Gasteiger partial charge in [-0.25, -0.2) is 0 Å². The lowest BCUT2D eigenvalue weighted by atomic mass is 10.2. The Morgan fingerprint density at radius 3 is 2.27 bits per heavy atom. The van der Waals surface area contributed by atoms with Crippen molar-refractivity contribution in [3.8, 4) is 0 Å². The van der Waals surface area contributed by atoms with Crippen molar-refractivity contribution in [3.63, 3.8) is 0 Å². The zero-order valence-electron chi connectivity index (χ0n) is 6.57. The van der Waals surface area contributed by atoms with Crippen LogP contribution in [0.1, 0.15) is 5.56 Å². The van der Waals surface area contributed by atoms with Crippen molar-refractivity contribution in [1.82, 2.24) is 0 Å². The van der Waals surface area contributed by atoms with E-state index in [9.17, 15) is 4.57 Å². The van der Waals surface area contributed by atoms with Gasteiger partial charge in [0.25, 0.3) is 0 Å². The van der Waals surface area contributed by atoms with Crippen molar-refractivity contribution in [2.45, 2.75) is 6.92 Å². The molecule has 0 amide bonds. The molecule has 0 aliphatic heterocycles. The molecule has 0 radical (unpaired) electrons. The van der Waals surface area contributed by atoms with Crippen LogP contribution in [-0.4, -0.2) is 7.11 Å². The van der Waals surface area contributed by atoms with E-state index < -0.39 is 8.03 Å². The topological polar surface area (TPSA) is 26.3 Å². The molecule has 1 unspecified atom stereocenters. The highest BCUT2D eigenvalue weighted by Crippen LogP contribution is 2.18. The molecule has 0 aliphatic carbocycles. The Kier molecular flexibility index (Phi) is 2.75. The largest absolute Gasteiger partial charge is 0.548 e. The molecule has 3 heteroatoms. The van der Waals surface area contributed by atoms with E-state index in [1.807, 2.05) is 31.2 Å². The van der Waals surface area contributed by atoms with Gasteiger partial charge in [-0.1, -0.05) is 17.7 Å². The van der Waals surface area contributed by atoms with E-state index in [2.05, 4.69) is 4.52 Å². The average molecular weight is 169 g/mol. The zero-order valence-corrected chi connectivity index (χ0v) is 7.47. The predicted molar refractivity (Wildman–Crippen MR) is 45.4 cm³/mol. The molecule has 11 heavy (non-hydrogen) atoms. The zero-order chi connectivity index (χ0) is 8.27. The van der Waals surface area contributed by atoms with E-state index in [4.69, 9.17) is 0 Å². The number of benzene rings is 1. The van der Waals surface area contributed by atoms with Gasteiger partial charge in [0.1, 0.15) is 0 Å². The van der Waals surface area contributed by atoms with Gasteiger partial charge < -0.3 is 0 Å². The van der Waals surface area contributed by atoms with Crippen LogP contribution in [0, 0.1) is 6.92 Å². The van der Waals surface area contributed by atoms with Crippen LogP contribution in [0.3, 0.4) is 0 Å². The van der Waals surface area contributed by atoms with E-state index in [1.54, 1.807) is 0 Å². The first-order chi connectivity index (χ1) is 5.24. The van der Waals surface area contributed by atoms with E-state index in [-0.39, 0.29) is 0 Å². The summed E-state index contributed by atoms with van der Waals surface area (Å²) in [6.07, 6.45) is 0. The van der Waals surface area contributed by atoms with Crippen LogP contribution in [-0.2, 0) is 9.09 Å². The molecule has 0 saturated carbocycles. The summed E-state index contributed by atoms with van der Waals surface area (Å²) in [5.41, 5.74) is 1.16. The van der Waals surface area contributed by atoms with Crippen molar-refractivity contribution in [2.75, 3.05) is 7.11 Å². The van der Waals surface area contributed by atoms with Gasteiger partial charge in [-0.15, -0.1) is 4.52 Å². The lowest BCUT2D eigenvalue weighted by Crippen LogP contribution is -1.95. The summed E-state index contributed by atoms with van der Waals surface area (Å²) in [7, 11) is -0.193. The van der Waals surface area contributed by atoms with Gasteiger partial charge in [0.15, 0.2) is 0 Å². The first-order valence-electron chi connectivity index (χ1n) is 3.32. The number of aryl methyl sites for hydroxylation is 1. The van der Waals surface area contributed by atoms with Crippen LogP contribution in [0.5, 0.6) is 0 Å². The van der Waals surface area contributed by atoms with Crippen molar-refractivity contribution in [1.29, 1.82) is 0 Å². The predicted octanol–water partition coefficient (Wildman–Crippen LogP) is 2.01. The van der Waals surface area contributed by atoms with Crippen LogP contribution in [0.25, 0.3) is 0 Å². The van der Waals surface area contributed by atoms with E-state index in [0.717, 1.165) is 10.9 Å². The molecule has 0 spiro atoms. The summed E-state index contributed by atoms with van der Waals surface area (Å²) in [6.45, 7) is 1.99. The third kappa shape index (κ3) is 2.11. The van der Waals surface area contributed by atoms with E-state index in [1.165, 1.54) is 7.11 Å². The van der Waals surface area contributed by atoms with Crippen LogP contribution in [0.15, 0.2) is 24.3 Å². The number of hydrogen-bond donors (Lipinski definition) is 0. The minimum Gasteiger partial charge on any atom is -0.145 e. The minimum atomic E-state index is -1.64. The fourth-order valence-corrected chi connectivity index (χ4v) is 1.38. The first-order valence-corrected chi connectivity index (χ1v) is 4.50. The molecule has 1 aromatic carbocycles.